The maximum atomic E-state index is 9.17. The minimum atomic E-state index is -1.19. The van der Waals surface area contributed by atoms with E-state index in [2.05, 4.69) is 0 Å². The van der Waals surface area contributed by atoms with Gasteiger partial charge in [0.25, 0.3) is 0 Å². The fourth-order valence-corrected chi connectivity index (χ4v) is 1.07. The molecule has 0 aromatic heterocycles. The van der Waals surface area contributed by atoms with E-state index in [1.165, 1.54) is 0 Å². The lowest BCUT2D eigenvalue weighted by molar-refractivity contribution is -0.236. The molecule has 0 unspecified atom stereocenters. The van der Waals surface area contributed by atoms with Crippen LogP contribution in [0.4, 0.5) is 0 Å². The minimum absolute atomic E-state index is 0.584. The Kier molecular flexibility index (Phi) is 2.46. The monoisotopic (exact) mass is 163 g/mol. The summed E-state index contributed by atoms with van der Waals surface area (Å²) in [5.41, 5.74) is 5.29. The first kappa shape index (κ1) is 8.89. The van der Waals surface area contributed by atoms with Crippen molar-refractivity contribution in [1.82, 2.24) is 0 Å². The summed E-state index contributed by atoms with van der Waals surface area (Å²) >= 11 is 0. The molecule has 0 aromatic rings. The van der Waals surface area contributed by atoms with Crippen LogP contribution in [-0.2, 0) is 4.74 Å². The van der Waals surface area contributed by atoms with Gasteiger partial charge in [0.1, 0.15) is 12.2 Å². The highest BCUT2D eigenvalue weighted by atomic mass is 16.6. The first-order chi connectivity index (χ1) is 5.04. The lowest BCUT2D eigenvalue weighted by Crippen LogP contribution is -2.60. The molecule has 1 aliphatic rings. The molecule has 5 heteroatoms. The molecule has 5 N–H and O–H groups in total. The maximum absolute atomic E-state index is 9.17. The third kappa shape index (κ3) is 1.52. The van der Waals surface area contributed by atoms with Crippen molar-refractivity contribution < 1.29 is 20.1 Å². The normalized spacial score (nSPS) is 52.6. The summed E-state index contributed by atoms with van der Waals surface area (Å²) in [7, 11) is 0. The molecular formula is C6H13NO4. The predicted molar refractivity (Wildman–Crippen MR) is 36.5 cm³/mol. The van der Waals surface area contributed by atoms with Gasteiger partial charge in [0, 0.05) is 0 Å². The third-order valence-electron chi connectivity index (χ3n) is 1.91. The van der Waals surface area contributed by atoms with Crippen molar-refractivity contribution in [2.75, 3.05) is 0 Å². The van der Waals surface area contributed by atoms with E-state index in [0.717, 1.165) is 0 Å². The minimum Gasteiger partial charge on any atom is -0.388 e. The SMILES string of the molecule is C[C@H]1O[C@@H](O)[C@H](N)[C@H](O)[C@@H]1O. The lowest BCUT2D eigenvalue weighted by Gasteiger charge is -2.37. The number of aliphatic hydroxyl groups is 3. The molecule has 1 rings (SSSR count). The zero-order valence-corrected chi connectivity index (χ0v) is 6.21. The van der Waals surface area contributed by atoms with Crippen LogP contribution in [0.25, 0.3) is 0 Å². The Labute approximate surface area is 64.4 Å². The van der Waals surface area contributed by atoms with Crippen LogP contribution in [-0.4, -0.2) is 46.0 Å². The maximum Gasteiger partial charge on any atom is 0.172 e. The number of hydrogen-bond donors (Lipinski definition) is 4. The summed E-state index contributed by atoms with van der Waals surface area (Å²) < 4.78 is 4.80. The number of ether oxygens (including phenoxy) is 1. The fraction of sp³-hybridized carbons (Fsp3) is 1.00. The molecule has 1 aliphatic heterocycles. The Morgan fingerprint density at radius 3 is 2.27 bits per heavy atom. The van der Waals surface area contributed by atoms with Crippen molar-refractivity contribution in [1.29, 1.82) is 0 Å². The van der Waals surface area contributed by atoms with Crippen molar-refractivity contribution in [2.45, 2.75) is 37.6 Å². The van der Waals surface area contributed by atoms with E-state index in [1.807, 2.05) is 0 Å². The molecule has 0 bridgehead atoms. The van der Waals surface area contributed by atoms with Crippen LogP contribution in [0.1, 0.15) is 6.92 Å². The summed E-state index contributed by atoms with van der Waals surface area (Å²) in [6, 6.07) is -0.929. The van der Waals surface area contributed by atoms with Gasteiger partial charge < -0.3 is 25.8 Å². The molecule has 11 heavy (non-hydrogen) atoms. The second-order valence-corrected chi connectivity index (χ2v) is 2.79. The Morgan fingerprint density at radius 1 is 1.18 bits per heavy atom. The highest BCUT2D eigenvalue weighted by molar-refractivity contribution is 4.88. The van der Waals surface area contributed by atoms with Crippen molar-refractivity contribution in [3.05, 3.63) is 0 Å². The third-order valence-corrected chi connectivity index (χ3v) is 1.91. The van der Waals surface area contributed by atoms with Crippen LogP contribution in [0.5, 0.6) is 0 Å². The number of hydrogen-bond acceptors (Lipinski definition) is 5. The summed E-state index contributed by atoms with van der Waals surface area (Å²) in [6.45, 7) is 1.56. The molecule has 0 aromatic carbocycles. The van der Waals surface area contributed by atoms with Crippen molar-refractivity contribution in [3.8, 4) is 0 Å². The van der Waals surface area contributed by atoms with Crippen LogP contribution in [0, 0.1) is 0 Å². The van der Waals surface area contributed by atoms with E-state index in [9.17, 15) is 5.11 Å². The largest absolute Gasteiger partial charge is 0.388 e. The molecule has 1 saturated heterocycles. The van der Waals surface area contributed by atoms with Crippen LogP contribution >= 0.6 is 0 Å². The second-order valence-electron chi connectivity index (χ2n) is 2.79. The van der Waals surface area contributed by atoms with Crippen LogP contribution < -0.4 is 5.73 Å². The summed E-state index contributed by atoms with van der Waals surface area (Å²) in [6.07, 6.45) is -3.91. The molecule has 0 saturated carbocycles. The molecule has 66 valence electrons. The molecular weight excluding hydrogens is 150 g/mol. The van der Waals surface area contributed by atoms with Gasteiger partial charge >= 0.3 is 0 Å². The van der Waals surface area contributed by atoms with Crippen molar-refractivity contribution in [2.24, 2.45) is 5.73 Å². The molecule has 0 amide bonds. The molecule has 0 spiro atoms. The van der Waals surface area contributed by atoms with Crippen LogP contribution in [0.3, 0.4) is 0 Å². The van der Waals surface area contributed by atoms with Gasteiger partial charge in [0.15, 0.2) is 6.29 Å². The smallest absolute Gasteiger partial charge is 0.172 e. The molecule has 0 radical (unpaired) electrons. The van der Waals surface area contributed by atoms with Gasteiger partial charge in [-0.1, -0.05) is 0 Å². The van der Waals surface area contributed by atoms with Gasteiger partial charge in [-0.05, 0) is 6.92 Å². The number of aliphatic hydroxyl groups excluding tert-OH is 3. The Balaban J connectivity index is 2.63. The summed E-state index contributed by atoms with van der Waals surface area (Å²) in [5.74, 6) is 0. The van der Waals surface area contributed by atoms with Gasteiger partial charge in [0.05, 0.1) is 12.1 Å². The van der Waals surface area contributed by atoms with Crippen LogP contribution in [0.2, 0.25) is 0 Å². The Bertz CT molecular complexity index is 129. The molecule has 1 fully saturated rings. The zero-order chi connectivity index (χ0) is 8.59. The van der Waals surface area contributed by atoms with E-state index in [0.29, 0.717) is 0 Å². The van der Waals surface area contributed by atoms with E-state index >= 15 is 0 Å². The van der Waals surface area contributed by atoms with Gasteiger partial charge in [-0.25, -0.2) is 0 Å². The highest BCUT2D eigenvalue weighted by Gasteiger charge is 2.39. The van der Waals surface area contributed by atoms with E-state index in [1.54, 1.807) is 6.92 Å². The molecule has 0 aliphatic carbocycles. The zero-order valence-electron chi connectivity index (χ0n) is 6.21. The summed E-state index contributed by atoms with van der Waals surface area (Å²) in [5, 5.41) is 27.4. The topological polar surface area (TPSA) is 95.9 Å². The van der Waals surface area contributed by atoms with Crippen LogP contribution in [0.15, 0.2) is 0 Å². The van der Waals surface area contributed by atoms with Crippen molar-refractivity contribution in [3.63, 3.8) is 0 Å². The van der Waals surface area contributed by atoms with Gasteiger partial charge in [-0.2, -0.15) is 0 Å². The Morgan fingerprint density at radius 2 is 1.73 bits per heavy atom. The van der Waals surface area contributed by atoms with Gasteiger partial charge in [-0.15, -0.1) is 0 Å². The van der Waals surface area contributed by atoms with Crippen molar-refractivity contribution >= 4 is 0 Å². The quantitative estimate of drug-likeness (QED) is 0.324. The fourth-order valence-electron chi connectivity index (χ4n) is 1.07. The van der Waals surface area contributed by atoms with E-state index in [-0.39, 0.29) is 0 Å². The number of nitrogens with two attached hydrogens (primary N) is 1. The summed E-state index contributed by atoms with van der Waals surface area (Å²) in [4.78, 5) is 0. The molecule has 5 atom stereocenters. The lowest BCUT2D eigenvalue weighted by atomic mass is 9.99. The standard InChI is InChI=1S/C6H13NO4/c1-2-4(8)5(9)3(7)6(10)11-2/h2-6,8-10H,7H2,1H3/t2-,3-,4-,5+,6-/m1/s1. The predicted octanol–water partition coefficient (Wildman–Crippen LogP) is -2.23. The molecule has 1 heterocycles. The second kappa shape index (κ2) is 3.04. The Hall–Kier alpha value is -0.200. The first-order valence-corrected chi connectivity index (χ1v) is 3.49. The van der Waals surface area contributed by atoms with Gasteiger partial charge in [0.2, 0.25) is 0 Å². The van der Waals surface area contributed by atoms with E-state index < -0.39 is 30.6 Å². The number of rotatable bonds is 0. The first-order valence-electron chi connectivity index (χ1n) is 3.49. The highest BCUT2D eigenvalue weighted by Crippen LogP contribution is 2.17. The van der Waals surface area contributed by atoms with E-state index in [4.69, 9.17) is 20.7 Å². The molecule has 5 nitrogen and oxygen atoms in total. The average molecular weight is 163 g/mol. The van der Waals surface area contributed by atoms with Gasteiger partial charge in [-0.3, -0.25) is 0 Å². The average Bonchev–Trinajstić information content (AvgIpc) is 1.97.